The minimum atomic E-state index is -0.0237. The molecule has 0 bridgehead atoms. The molecule has 1 amide bonds. The molecule has 1 atom stereocenters. The fraction of sp³-hybridized carbons (Fsp3) is 0.522. The Morgan fingerprint density at radius 3 is 2.97 bits per heavy atom. The van der Waals surface area contributed by atoms with Crippen LogP contribution in [0.15, 0.2) is 18.3 Å². The lowest BCUT2D eigenvalue weighted by Gasteiger charge is -2.17. The summed E-state index contributed by atoms with van der Waals surface area (Å²) < 4.78 is 7.16. The molecule has 1 aliphatic rings. The van der Waals surface area contributed by atoms with Crippen LogP contribution < -0.4 is 5.32 Å². The van der Waals surface area contributed by atoms with Crippen LogP contribution in [0.25, 0.3) is 10.2 Å². The smallest absolute Gasteiger partial charge is 0.261 e. The summed E-state index contributed by atoms with van der Waals surface area (Å²) in [6.45, 7) is 11.2. The van der Waals surface area contributed by atoms with Crippen LogP contribution in [0.4, 0.5) is 0 Å². The second kappa shape index (κ2) is 9.46. The number of nitrogens with zero attached hydrogens (tertiary/aromatic N) is 4. The van der Waals surface area contributed by atoms with Gasteiger partial charge < -0.3 is 10.1 Å². The third-order valence-corrected chi connectivity index (χ3v) is 7.32. The maximum Gasteiger partial charge on any atom is 0.261 e. The zero-order valence-corrected chi connectivity index (χ0v) is 19.6. The zero-order chi connectivity index (χ0) is 22.0. The van der Waals surface area contributed by atoms with Crippen molar-refractivity contribution in [3.63, 3.8) is 0 Å². The number of carbonyl (C=O) groups excluding carboxylic acids is 1. The van der Waals surface area contributed by atoms with Gasteiger partial charge in [0.25, 0.3) is 5.91 Å². The molecule has 0 spiro atoms. The van der Waals surface area contributed by atoms with E-state index in [1.165, 1.54) is 22.6 Å². The normalized spacial score (nSPS) is 17.0. The summed E-state index contributed by atoms with van der Waals surface area (Å²) in [5.41, 5.74) is 4.86. The first-order valence-corrected chi connectivity index (χ1v) is 11.7. The minimum Gasteiger partial charge on any atom is -0.383 e. The van der Waals surface area contributed by atoms with E-state index in [4.69, 9.17) is 4.74 Å². The number of amides is 1. The Balaban J connectivity index is 1.57. The average molecular weight is 442 g/mol. The Bertz CT molecular complexity index is 1070. The second-order valence-corrected chi connectivity index (χ2v) is 9.13. The highest BCUT2D eigenvalue weighted by molar-refractivity contribution is 7.20. The molecular formula is C23H31N5O2S. The molecule has 4 rings (SSSR count). The molecule has 0 aromatic carbocycles. The molecule has 7 nitrogen and oxygen atoms in total. The van der Waals surface area contributed by atoms with Crippen LogP contribution in [0.2, 0.25) is 0 Å². The van der Waals surface area contributed by atoms with E-state index >= 15 is 0 Å². The van der Waals surface area contributed by atoms with Gasteiger partial charge in [-0.25, -0.2) is 4.98 Å². The highest BCUT2D eigenvalue weighted by atomic mass is 32.1. The highest BCUT2D eigenvalue weighted by Gasteiger charge is 2.31. The number of thiophene rings is 1. The van der Waals surface area contributed by atoms with Crippen molar-refractivity contribution in [3.8, 4) is 0 Å². The molecule has 166 valence electrons. The van der Waals surface area contributed by atoms with Crippen LogP contribution in [0.3, 0.4) is 0 Å². The number of rotatable bonds is 8. The fourth-order valence-electron chi connectivity index (χ4n) is 4.58. The highest BCUT2D eigenvalue weighted by Crippen LogP contribution is 2.39. The van der Waals surface area contributed by atoms with Crippen molar-refractivity contribution in [2.75, 3.05) is 33.4 Å². The Hall–Kier alpha value is -2.29. The van der Waals surface area contributed by atoms with Gasteiger partial charge in [-0.15, -0.1) is 11.3 Å². The van der Waals surface area contributed by atoms with E-state index in [0.717, 1.165) is 59.0 Å². The molecule has 3 aromatic heterocycles. The number of ether oxygens (including phenoxy) is 1. The summed E-state index contributed by atoms with van der Waals surface area (Å²) >= 11 is 1.50. The molecule has 1 aliphatic heterocycles. The number of carbonyl (C=O) groups is 1. The van der Waals surface area contributed by atoms with Gasteiger partial charge in [-0.2, -0.15) is 5.10 Å². The molecule has 31 heavy (non-hydrogen) atoms. The molecule has 0 radical (unpaired) electrons. The van der Waals surface area contributed by atoms with Gasteiger partial charge in [0.05, 0.1) is 17.2 Å². The number of aryl methyl sites for hydroxylation is 2. The third-order valence-electron chi connectivity index (χ3n) is 6.20. The van der Waals surface area contributed by atoms with Gasteiger partial charge in [-0.05, 0) is 45.4 Å². The molecule has 0 aliphatic carbocycles. The number of hydrogen-bond donors (Lipinski definition) is 1. The lowest BCUT2D eigenvalue weighted by molar-refractivity contribution is 0.0940. The van der Waals surface area contributed by atoms with E-state index in [1.54, 1.807) is 13.3 Å². The largest absolute Gasteiger partial charge is 0.383 e. The fourth-order valence-corrected chi connectivity index (χ4v) is 5.72. The van der Waals surface area contributed by atoms with Gasteiger partial charge >= 0.3 is 0 Å². The van der Waals surface area contributed by atoms with E-state index < -0.39 is 0 Å². The topological polar surface area (TPSA) is 72.3 Å². The van der Waals surface area contributed by atoms with Gasteiger partial charge in [-0.3, -0.25) is 14.4 Å². The van der Waals surface area contributed by atoms with Crippen LogP contribution in [0, 0.1) is 13.8 Å². The molecule has 4 heterocycles. The predicted molar refractivity (Wildman–Crippen MR) is 124 cm³/mol. The monoisotopic (exact) mass is 441 g/mol. The number of pyridine rings is 1. The first-order valence-electron chi connectivity index (χ1n) is 10.9. The van der Waals surface area contributed by atoms with Crippen molar-refractivity contribution >= 4 is 27.5 Å². The molecule has 1 N–H and O–H groups in total. The minimum absolute atomic E-state index is 0.0237. The lowest BCUT2D eigenvalue weighted by Crippen LogP contribution is -2.27. The third kappa shape index (κ3) is 4.37. The number of aromatic nitrogens is 3. The molecule has 0 saturated carbocycles. The number of hydrogen-bond acceptors (Lipinski definition) is 6. The van der Waals surface area contributed by atoms with Crippen molar-refractivity contribution < 1.29 is 9.53 Å². The average Bonchev–Trinajstić information content (AvgIpc) is 3.45. The molecular weight excluding hydrogens is 410 g/mol. The maximum atomic E-state index is 13.0. The predicted octanol–water partition coefficient (Wildman–Crippen LogP) is 3.50. The molecule has 1 saturated heterocycles. The second-order valence-electron chi connectivity index (χ2n) is 8.14. The zero-order valence-electron chi connectivity index (χ0n) is 18.8. The van der Waals surface area contributed by atoms with Gasteiger partial charge in [0, 0.05) is 62.0 Å². The number of nitrogens with one attached hydrogen (secondary N) is 1. The maximum absolute atomic E-state index is 13.0. The van der Waals surface area contributed by atoms with E-state index in [0.29, 0.717) is 19.1 Å². The van der Waals surface area contributed by atoms with Gasteiger partial charge in [0.15, 0.2) is 0 Å². The lowest BCUT2D eigenvalue weighted by atomic mass is 9.95. The number of fused-ring (bicyclic) bond motifs is 1. The van der Waals surface area contributed by atoms with E-state index in [-0.39, 0.29) is 5.91 Å². The van der Waals surface area contributed by atoms with Crippen LogP contribution in [0.1, 0.15) is 51.4 Å². The van der Waals surface area contributed by atoms with Crippen molar-refractivity contribution in [3.05, 3.63) is 45.7 Å². The van der Waals surface area contributed by atoms with Crippen molar-refractivity contribution in [1.29, 1.82) is 0 Å². The molecule has 3 aromatic rings. The summed E-state index contributed by atoms with van der Waals surface area (Å²) in [6, 6.07) is 4.06. The Morgan fingerprint density at radius 2 is 2.23 bits per heavy atom. The van der Waals surface area contributed by atoms with Crippen molar-refractivity contribution in [1.82, 2.24) is 25.0 Å². The Morgan fingerprint density at radius 1 is 1.39 bits per heavy atom. The summed E-state index contributed by atoms with van der Waals surface area (Å²) in [5, 5.41) is 8.78. The number of likely N-dealkylation sites (tertiary alicyclic amines) is 1. The van der Waals surface area contributed by atoms with Crippen molar-refractivity contribution in [2.45, 2.75) is 46.2 Å². The van der Waals surface area contributed by atoms with Crippen molar-refractivity contribution in [2.24, 2.45) is 0 Å². The van der Waals surface area contributed by atoms with Gasteiger partial charge in [0.2, 0.25) is 0 Å². The first kappa shape index (κ1) is 21.9. The molecule has 0 unspecified atom stereocenters. The Kier molecular flexibility index (Phi) is 6.69. The first-order chi connectivity index (χ1) is 15.0. The Labute approximate surface area is 187 Å². The molecule has 1 fully saturated rings. The molecule has 8 heteroatoms. The summed E-state index contributed by atoms with van der Waals surface area (Å²) in [4.78, 5) is 21.7. The van der Waals surface area contributed by atoms with E-state index in [1.807, 2.05) is 6.07 Å². The standard InChI is InChI=1S/C23H31N5O2S/c1-5-28-16(3)19(15(2)26-28)14-27-11-8-17(13-27)20-18-7-6-9-25-23(18)31-21(20)22(29)24-10-12-30-4/h6-7,9,17H,5,8,10-14H2,1-4H3,(H,24,29)/t17-/m0/s1. The quantitative estimate of drug-likeness (QED) is 0.542. The SMILES string of the molecule is CCn1nc(C)c(CN2CC[C@H](c3c(C(=O)NCCOC)sc4ncccc34)C2)c1C. The van der Waals surface area contributed by atoms with Gasteiger partial charge in [0.1, 0.15) is 4.83 Å². The van der Waals surface area contributed by atoms with Crippen LogP contribution in [0.5, 0.6) is 0 Å². The van der Waals surface area contributed by atoms with Crippen LogP contribution >= 0.6 is 11.3 Å². The van der Waals surface area contributed by atoms with Crippen LogP contribution in [-0.2, 0) is 17.8 Å². The summed E-state index contributed by atoms with van der Waals surface area (Å²) in [7, 11) is 1.64. The van der Waals surface area contributed by atoms with E-state index in [9.17, 15) is 4.79 Å². The van der Waals surface area contributed by atoms with Gasteiger partial charge in [-0.1, -0.05) is 6.07 Å². The summed E-state index contributed by atoms with van der Waals surface area (Å²) in [5.74, 6) is 0.298. The number of methoxy groups -OCH3 is 1. The van der Waals surface area contributed by atoms with E-state index in [2.05, 4.69) is 51.8 Å². The summed E-state index contributed by atoms with van der Waals surface area (Å²) in [6.07, 6.45) is 2.84. The van der Waals surface area contributed by atoms with Crippen LogP contribution in [-0.4, -0.2) is 58.9 Å².